The minimum absolute atomic E-state index is 0.872. The lowest BCUT2D eigenvalue weighted by Gasteiger charge is -2.25. The molecule has 7 heteroatoms. The minimum Gasteiger partial charge on any atom is -0.458 e. The van der Waals surface area contributed by atoms with Crippen molar-refractivity contribution in [2.45, 2.75) is 135 Å². The zero-order valence-corrected chi connectivity index (χ0v) is 33.5. The van der Waals surface area contributed by atoms with Gasteiger partial charge in [-0.1, -0.05) is 77.6 Å². The molecule has 0 spiro atoms. The fraction of sp³-hybridized carbons (Fsp3) is 0.568. The van der Waals surface area contributed by atoms with Crippen LogP contribution in [0.25, 0.3) is 29.3 Å². The summed E-state index contributed by atoms with van der Waals surface area (Å²) in [5, 5.41) is 0. The summed E-state index contributed by atoms with van der Waals surface area (Å²) in [4.78, 5) is 11.6. The van der Waals surface area contributed by atoms with Crippen LogP contribution in [0.2, 0.25) is 32.2 Å². The third-order valence-electron chi connectivity index (χ3n) is 8.30. The fourth-order valence-corrected chi connectivity index (χ4v) is 17.1. The Kier molecular flexibility index (Phi) is 15.7. The maximum atomic E-state index is 6.30. The van der Waals surface area contributed by atoms with Crippen LogP contribution in [0.15, 0.2) is 48.5 Å². The highest BCUT2D eigenvalue weighted by atomic mass is 32.1. The van der Waals surface area contributed by atoms with Gasteiger partial charge in [0.1, 0.15) is 0 Å². The van der Waals surface area contributed by atoms with Gasteiger partial charge in [-0.15, -0.1) is 45.3 Å². The van der Waals surface area contributed by atoms with Gasteiger partial charge in [-0.2, -0.15) is 0 Å². The summed E-state index contributed by atoms with van der Waals surface area (Å²) in [6.07, 6.45) is 20.3. The van der Waals surface area contributed by atoms with E-state index in [1.54, 1.807) is 4.88 Å². The van der Waals surface area contributed by atoms with E-state index >= 15 is 0 Å². The Hall–Kier alpha value is -0.806. The van der Waals surface area contributed by atoms with Crippen molar-refractivity contribution in [3.8, 4) is 29.3 Å². The summed E-state index contributed by atoms with van der Waals surface area (Å²) in [6.45, 7) is 11.7. The molecule has 0 atom stereocenters. The third kappa shape index (κ3) is 12.4. The van der Waals surface area contributed by atoms with Crippen molar-refractivity contribution in [3.63, 3.8) is 0 Å². The first-order valence-electron chi connectivity index (χ1n) is 17.4. The van der Waals surface area contributed by atoms with Crippen LogP contribution in [0.4, 0.5) is 0 Å². The van der Waals surface area contributed by atoms with Crippen LogP contribution in [0.3, 0.4) is 0 Å². The highest BCUT2D eigenvalue weighted by molar-refractivity contribution is 7.28. The average molecular weight is 701 g/mol. The van der Waals surface area contributed by atoms with Gasteiger partial charge < -0.3 is 4.12 Å². The van der Waals surface area contributed by atoms with Crippen molar-refractivity contribution in [2.24, 2.45) is 0 Å². The van der Waals surface area contributed by atoms with Gasteiger partial charge in [0.25, 0.3) is 0 Å². The average Bonchev–Trinajstić information content (AvgIpc) is 3.80. The molecular weight excluding hydrogens is 645 g/mol. The summed E-state index contributed by atoms with van der Waals surface area (Å²) in [5.41, 5.74) is 0. The molecule has 0 radical (unpaired) electrons. The molecule has 0 fully saturated rings. The van der Waals surface area contributed by atoms with E-state index < -0.39 is 17.4 Å². The van der Waals surface area contributed by atoms with Crippen LogP contribution >= 0.6 is 45.3 Å². The number of thiophene rings is 4. The molecule has 4 aromatic rings. The van der Waals surface area contributed by atoms with E-state index in [-0.39, 0.29) is 0 Å². The summed E-state index contributed by atoms with van der Waals surface area (Å²) in [6, 6.07) is 20.1. The number of rotatable bonds is 22. The van der Waals surface area contributed by atoms with Crippen molar-refractivity contribution in [1.82, 2.24) is 0 Å². The van der Waals surface area contributed by atoms with Crippen LogP contribution in [0.5, 0.6) is 0 Å². The maximum Gasteiger partial charge on any atom is 0.173 e. The second-order valence-electron chi connectivity index (χ2n) is 13.3. The topological polar surface area (TPSA) is 9.23 Å². The zero-order chi connectivity index (χ0) is 31.2. The Balaban J connectivity index is 1.11. The smallest absolute Gasteiger partial charge is 0.173 e. The second-order valence-corrected chi connectivity index (χ2v) is 24.8. The molecule has 44 heavy (non-hydrogen) atoms. The highest BCUT2D eigenvalue weighted by Crippen LogP contribution is 2.43. The molecule has 242 valence electrons. The third-order valence-corrected chi connectivity index (χ3v) is 19.3. The summed E-state index contributed by atoms with van der Waals surface area (Å²) >= 11 is 7.89. The van der Waals surface area contributed by atoms with Gasteiger partial charge in [0.15, 0.2) is 17.4 Å². The molecule has 0 aliphatic carbocycles. The number of hydrogen-bond donors (Lipinski definition) is 0. The monoisotopic (exact) mass is 700 g/mol. The Morgan fingerprint density at radius 1 is 0.500 bits per heavy atom. The molecular formula is C37H56OS4Si2. The van der Waals surface area contributed by atoms with Crippen LogP contribution in [-0.4, -0.2) is 17.4 Å². The van der Waals surface area contributed by atoms with Crippen LogP contribution < -0.4 is 0 Å². The van der Waals surface area contributed by atoms with E-state index in [2.05, 4.69) is 81.6 Å². The maximum absolute atomic E-state index is 6.30. The normalized spacial score (nSPS) is 12.1. The molecule has 0 aliphatic rings. The first kappa shape index (κ1) is 36.0. The highest BCUT2D eigenvalue weighted by Gasteiger charge is 2.22. The number of hydrogen-bond acceptors (Lipinski definition) is 5. The SMILES string of the molecule is CCCCCCc1ccc(-c2ccc(-c3ccc(-c4ccc(CCCCCCCCCCC[Si](C)(C)O[SiH](C)C)s4)s3)s2)s1. The Bertz CT molecular complexity index is 1340. The molecule has 0 saturated carbocycles. The summed E-state index contributed by atoms with van der Waals surface area (Å²) in [7, 11) is -2.24. The van der Waals surface area contributed by atoms with E-state index in [4.69, 9.17) is 4.12 Å². The molecule has 0 N–H and O–H groups in total. The molecule has 0 unspecified atom stereocenters. The molecule has 0 aromatic carbocycles. The lowest BCUT2D eigenvalue weighted by Crippen LogP contribution is -2.34. The van der Waals surface area contributed by atoms with E-state index in [0.29, 0.717) is 0 Å². The van der Waals surface area contributed by atoms with Crippen molar-refractivity contribution < 1.29 is 4.12 Å². The molecule has 0 saturated heterocycles. The molecule has 1 nitrogen and oxygen atoms in total. The zero-order valence-electron chi connectivity index (χ0n) is 28.1. The number of aryl methyl sites for hydroxylation is 2. The van der Waals surface area contributed by atoms with Crippen molar-refractivity contribution in [3.05, 3.63) is 58.3 Å². The Morgan fingerprint density at radius 3 is 1.30 bits per heavy atom. The lowest BCUT2D eigenvalue weighted by molar-refractivity contribution is 0.545. The van der Waals surface area contributed by atoms with Gasteiger partial charge in [-0.25, -0.2) is 0 Å². The van der Waals surface area contributed by atoms with Crippen LogP contribution in [0, 0.1) is 0 Å². The van der Waals surface area contributed by atoms with Gasteiger partial charge in [-0.3, -0.25) is 0 Å². The predicted molar refractivity (Wildman–Crippen MR) is 210 cm³/mol. The van der Waals surface area contributed by atoms with E-state index in [1.165, 1.54) is 136 Å². The van der Waals surface area contributed by atoms with Crippen molar-refractivity contribution in [1.29, 1.82) is 0 Å². The molecule has 0 aliphatic heterocycles. The Labute approximate surface area is 288 Å². The standard InChI is InChI=1S/C37H56OS4Si2/c1-6-7-8-16-19-30-21-23-32(39-30)34-25-27-36(41-34)37-28-26-35(42-37)33-24-22-31(40-33)20-17-14-12-10-9-11-13-15-18-29-44(4,5)38-43(2)3/h21-28,43H,6-20,29H2,1-5H3. The quantitative estimate of drug-likeness (QED) is 0.0586. The lowest BCUT2D eigenvalue weighted by atomic mass is 10.1. The van der Waals surface area contributed by atoms with Gasteiger partial charge in [0.05, 0.1) is 0 Å². The largest absolute Gasteiger partial charge is 0.458 e. The molecule has 0 amide bonds. The minimum atomic E-state index is -1.37. The fourth-order valence-electron chi connectivity index (χ4n) is 6.01. The molecule has 4 rings (SSSR count). The molecule has 4 heterocycles. The first-order valence-corrected chi connectivity index (χ1v) is 26.6. The van der Waals surface area contributed by atoms with Gasteiger partial charge >= 0.3 is 0 Å². The van der Waals surface area contributed by atoms with E-state index in [0.717, 1.165) is 0 Å². The van der Waals surface area contributed by atoms with Crippen LogP contribution in [0.1, 0.15) is 100 Å². The molecule has 0 bridgehead atoms. The Morgan fingerprint density at radius 2 is 0.864 bits per heavy atom. The predicted octanol–water partition coefficient (Wildman–Crippen LogP) is 14.3. The van der Waals surface area contributed by atoms with Crippen LogP contribution in [-0.2, 0) is 17.0 Å². The van der Waals surface area contributed by atoms with E-state index in [1.807, 2.05) is 45.3 Å². The van der Waals surface area contributed by atoms with Gasteiger partial charge in [-0.05, 0) is 106 Å². The van der Waals surface area contributed by atoms with Gasteiger partial charge in [0, 0.05) is 39.0 Å². The molecule has 4 aromatic heterocycles. The van der Waals surface area contributed by atoms with Gasteiger partial charge in [0.2, 0.25) is 0 Å². The summed E-state index contributed by atoms with van der Waals surface area (Å²) < 4.78 is 6.30. The first-order chi connectivity index (χ1) is 21.3. The van der Waals surface area contributed by atoms with E-state index in [9.17, 15) is 0 Å². The van der Waals surface area contributed by atoms with Crippen molar-refractivity contribution >= 4 is 62.7 Å². The second kappa shape index (κ2) is 19.1. The number of unbranched alkanes of at least 4 members (excludes halogenated alkanes) is 11. The van der Waals surface area contributed by atoms with Crippen molar-refractivity contribution in [2.75, 3.05) is 0 Å². The summed E-state index contributed by atoms with van der Waals surface area (Å²) in [5.74, 6) is 0.